The third-order valence-electron chi connectivity index (χ3n) is 5.69. The number of amides is 2. The van der Waals surface area contributed by atoms with E-state index < -0.39 is 35.4 Å². The van der Waals surface area contributed by atoms with Gasteiger partial charge in [-0.1, -0.05) is 0 Å². The number of carboxylic acids is 2. The minimum atomic E-state index is -1.26. The molecule has 2 saturated heterocycles. The molecule has 3 rings (SSSR count). The van der Waals surface area contributed by atoms with Crippen LogP contribution in [0.1, 0.15) is 25.3 Å². The number of fused-ring (bicyclic) bond motifs is 1. The van der Waals surface area contributed by atoms with Crippen LogP contribution in [0.5, 0.6) is 0 Å². The molecule has 0 spiro atoms. The van der Waals surface area contributed by atoms with Crippen molar-refractivity contribution in [2.45, 2.75) is 38.3 Å². The fraction of sp³-hybridized carbons (Fsp3) is 0.455. The van der Waals surface area contributed by atoms with Crippen LogP contribution in [0, 0.1) is 23.4 Å². The number of benzene rings is 1. The number of nitrogens with zero attached hydrogens (tertiary/aromatic N) is 2. The second-order valence-corrected chi connectivity index (χ2v) is 8.16. The van der Waals surface area contributed by atoms with Gasteiger partial charge in [-0.2, -0.15) is 0 Å². The molecular weight excluding hydrogens is 459 g/mol. The molecule has 4 N–H and O–H groups in total. The van der Waals surface area contributed by atoms with Gasteiger partial charge in [-0.3, -0.25) is 9.59 Å². The molecule has 186 valence electrons. The van der Waals surface area contributed by atoms with Gasteiger partial charge in [0, 0.05) is 63.2 Å². The molecular formula is C22H26F3N3O6. The van der Waals surface area contributed by atoms with Crippen LogP contribution in [-0.2, 0) is 25.6 Å². The molecule has 2 heterocycles. The minimum Gasteiger partial charge on any atom is -0.478 e. The van der Waals surface area contributed by atoms with E-state index in [1.165, 1.54) is 6.92 Å². The summed E-state index contributed by atoms with van der Waals surface area (Å²) in [5, 5.41) is 15.6. The van der Waals surface area contributed by atoms with Gasteiger partial charge in [0.05, 0.1) is 6.04 Å². The van der Waals surface area contributed by atoms with E-state index in [0.717, 1.165) is 12.5 Å². The molecule has 3 atom stereocenters. The molecule has 1 aromatic carbocycles. The fourth-order valence-electron chi connectivity index (χ4n) is 4.09. The summed E-state index contributed by atoms with van der Waals surface area (Å²) in [7, 11) is 0. The van der Waals surface area contributed by atoms with Crippen molar-refractivity contribution in [2.75, 3.05) is 19.6 Å². The van der Waals surface area contributed by atoms with Crippen LogP contribution in [0.2, 0.25) is 0 Å². The van der Waals surface area contributed by atoms with E-state index in [0.29, 0.717) is 37.9 Å². The molecule has 2 amide bonds. The Kier molecular flexibility index (Phi) is 9.19. The highest BCUT2D eigenvalue weighted by atomic mass is 19.2. The zero-order valence-electron chi connectivity index (χ0n) is 18.4. The summed E-state index contributed by atoms with van der Waals surface area (Å²) in [5.41, 5.74) is 5.90. The molecule has 1 aromatic rings. The summed E-state index contributed by atoms with van der Waals surface area (Å²) in [4.78, 5) is 46.7. The van der Waals surface area contributed by atoms with Crippen molar-refractivity contribution in [2.24, 2.45) is 11.7 Å². The van der Waals surface area contributed by atoms with Crippen LogP contribution in [0.25, 0.3) is 0 Å². The average Bonchev–Trinajstić information content (AvgIpc) is 3.32. The maximum atomic E-state index is 13.7. The third kappa shape index (κ3) is 7.30. The number of aliphatic carboxylic acids is 2. The Bertz CT molecular complexity index is 971. The van der Waals surface area contributed by atoms with E-state index in [-0.39, 0.29) is 42.2 Å². The van der Waals surface area contributed by atoms with Crippen LogP contribution >= 0.6 is 0 Å². The van der Waals surface area contributed by atoms with E-state index in [9.17, 15) is 32.3 Å². The van der Waals surface area contributed by atoms with Gasteiger partial charge in [0.25, 0.3) is 0 Å². The molecule has 2 aliphatic rings. The van der Waals surface area contributed by atoms with Crippen LogP contribution in [-0.4, -0.2) is 75.5 Å². The first-order valence-electron chi connectivity index (χ1n) is 10.5. The first-order chi connectivity index (χ1) is 15.9. The molecule has 34 heavy (non-hydrogen) atoms. The SMILES string of the molecule is CC(=O)N1C[C@@H]2CCN(C(=O)C[C@H](N)Cc3cc(F)c(F)cc3F)[C@@H]2C1.O=C(O)/C=C/C(=O)O. The number of halogens is 3. The van der Waals surface area contributed by atoms with Crippen LogP contribution < -0.4 is 5.73 Å². The number of hydrogen-bond acceptors (Lipinski definition) is 5. The van der Waals surface area contributed by atoms with E-state index in [1.54, 1.807) is 9.80 Å². The van der Waals surface area contributed by atoms with Gasteiger partial charge in [-0.25, -0.2) is 22.8 Å². The molecule has 9 nitrogen and oxygen atoms in total. The lowest BCUT2D eigenvalue weighted by molar-refractivity contribution is -0.134. The van der Waals surface area contributed by atoms with E-state index >= 15 is 0 Å². The van der Waals surface area contributed by atoms with Gasteiger partial charge < -0.3 is 25.7 Å². The summed E-state index contributed by atoms with van der Waals surface area (Å²) in [5.74, 6) is -5.66. The van der Waals surface area contributed by atoms with Crippen LogP contribution in [0.4, 0.5) is 13.2 Å². The van der Waals surface area contributed by atoms with Crippen molar-refractivity contribution in [1.82, 2.24) is 9.80 Å². The molecule has 2 fully saturated rings. The summed E-state index contributed by atoms with van der Waals surface area (Å²) in [6.45, 7) is 3.32. The summed E-state index contributed by atoms with van der Waals surface area (Å²) in [6.07, 6.45) is 1.88. The first-order valence-corrected chi connectivity index (χ1v) is 10.5. The van der Waals surface area contributed by atoms with Gasteiger partial charge in [0.2, 0.25) is 11.8 Å². The van der Waals surface area contributed by atoms with E-state index in [1.807, 2.05) is 0 Å². The van der Waals surface area contributed by atoms with Gasteiger partial charge in [-0.05, 0) is 24.5 Å². The lowest BCUT2D eigenvalue weighted by atomic mass is 10.0. The second kappa shape index (κ2) is 11.6. The lowest BCUT2D eigenvalue weighted by Crippen LogP contribution is -2.42. The zero-order chi connectivity index (χ0) is 25.6. The quantitative estimate of drug-likeness (QED) is 0.406. The normalized spacial score (nSPS) is 20.0. The van der Waals surface area contributed by atoms with Crippen molar-refractivity contribution in [3.05, 3.63) is 47.3 Å². The fourth-order valence-corrected chi connectivity index (χ4v) is 4.09. The molecule has 2 aliphatic heterocycles. The number of likely N-dealkylation sites (tertiary alicyclic amines) is 2. The smallest absolute Gasteiger partial charge is 0.328 e. The number of nitrogens with two attached hydrogens (primary N) is 1. The monoisotopic (exact) mass is 485 g/mol. The van der Waals surface area contributed by atoms with Crippen LogP contribution in [0.15, 0.2) is 24.3 Å². The predicted octanol–water partition coefficient (Wildman–Crippen LogP) is 1.15. The maximum Gasteiger partial charge on any atom is 0.328 e. The highest BCUT2D eigenvalue weighted by Gasteiger charge is 2.43. The summed E-state index contributed by atoms with van der Waals surface area (Å²) < 4.78 is 40.0. The average molecular weight is 485 g/mol. The van der Waals surface area contributed by atoms with Crippen molar-refractivity contribution in [3.8, 4) is 0 Å². The Balaban J connectivity index is 0.000000440. The second-order valence-electron chi connectivity index (χ2n) is 8.16. The number of carbonyl (C=O) groups is 4. The minimum absolute atomic E-state index is 0.00129. The molecule has 0 saturated carbocycles. The molecule has 0 bridgehead atoms. The van der Waals surface area contributed by atoms with Crippen molar-refractivity contribution in [1.29, 1.82) is 0 Å². The molecule has 0 radical (unpaired) electrons. The zero-order valence-corrected chi connectivity index (χ0v) is 18.4. The largest absolute Gasteiger partial charge is 0.478 e. The van der Waals surface area contributed by atoms with E-state index in [2.05, 4.69) is 0 Å². The number of hydrogen-bond donors (Lipinski definition) is 3. The number of rotatable bonds is 6. The van der Waals surface area contributed by atoms with E-state index in [4.69, 9.17) is 15.9 Å². The molecule has 0 aromatic heterocycles. The summed E-state index contributed by atoms with van der Waals surface area (Å²) >= 11 is 0. The lowest BCUT2D eigenvalue weighted by Gasteiger charge is -2.26. The predicted molar refractivity (Wildman–Crippen MR) is 113 cm³/mol. The van der Waals surface area contributed by atoms with Crippen molar-refractivity contribution in [3.63, 3.8) is 0 Å². The molecule has 0 aliphatic carbocycles. The van der Waals surface area contributed by atoms with Crippen molar-refractivity contribution < 1.29 is 42.6 Å². The highest BCUT2D eigenvalue weighted by molar-refractivity contribution is 5.89. The van der Waals surface area contributed by atoms with Gasteiger partial charge in [-0.15, -0.1) is 0 Å². The Morgan fingerprint density at radius 1 is 1.06 bits per heavy atom. The summed E-state index contributed by atoms with van der Waals surface area (Å²) in [6, 6.07) is 0.562. The number of carbonyl (C=O) groups excluding carboxylic acids is 2. The standard InChI is InChI=1S/C18H22F3N3O2.C4H4O4/c1-10(25)23-8-11-2-3-24(17(11)9-23)18(26)6-13(22)4-12-5-15(20)16(21)7-14(12)19;5-3(6)1-2-4(7)8/h5,7,11,13,17H,2-4,6,8-9,22H2,1H3;1-2H,(H,5,6)(H,7,8)/b;2-1+/t11-,13+,17+;/m0./s1. The van der Waals surface area contributed by atoms with Gasteiger partial charge in [0.1, 0.15) is 5.82 Å². The third-order valence-corrected chi connectivity index (χ3v) is 5.69. The Labute approximate surface area is 193 Å². The molecule has 0 unspecified atom stereocenters. The van der Waals surface area contributed by atoms with Gasteiger partial charge >= 0.3 is 11.9 Å². The van der Waals surface area contributed by atoms with Gasteiger partial charge in [0.15, 0.2) is 11.6 Å². The highest BCUT2D eigenvalue weighted by Crippen LogP contribution is 2.32. The molecule has 12 heteroatoms. The Morgan fingerprint density at radius 3 is 2.21 bits per heavy atom. The Hall–Kier alpha value is -3.41. The maximum absolute atomic E-state index is 13.7. The Morgan fingerprint density at radius 2 is 1.65 bits per heavy atom. The topological polar surface area (TPSA) is 141 Å². The first kappa shape index (κ1) is 26.8. The number of carboxylic acid groups (broad SMARTS) is 2. The van der Waals surface area contributed by atoms with Crippen LogP contribution in [0.3, 0.4) is 0 Å². The van der Waals surface area contributed by atoms with Crippen molar-refractivity contribution >= 4 is 23.8 Å².